The van der Waals surface area contributed by atoms with Crippen LogP contribution in [0.5, 0.6) is 5.75 Å². The summed E-state index contributed by atoms with van der Waals surface area (Å²) in [5.74, 6) is 0.345. The third-order valence-electron chi connectivity index (χ3n) is 4.49. The molecule has 0 unspecified atom stereocenters. The standard InChI is InChI=1S/C23H13Br3Cl2N2O3/c24-15-6-14-7-21(33-22(14)18(26)8-15)23(31)30-29-10-12-1-4-20(17(25)5-12)32-11-13-2-3-16(27)9-19(13)28/h1-10H,11H2,(H,30,31)/b29-10-. The minimum atomic E-state index is -0.454. The van der Waals surface area contributed by atoms with E-state index in [9.17, 15) is 4.79 Å². The van der Waals surface area contributed by atoms with Crippen LogP contribution < -0.4 is 10.2 Å². The number of amides is 1. The lowest BCUT2D eigenvalue weighted by atomic mass is 10.2. The van der Waals surface area contributed by atoms with Crippen molar-refractivity contribution < 1.29 is 13.9 Å². The summed E-state index contributed by atoms with van der Waals surface area (Å²) in [6.07, 6.45) is 1.53. The van der Waals surface area contributed by atoms with Crippen molar-refractivity contribution in [3.63, 3.8) is 0 Å². The third kappa shape index (κ3) is 6.00. The summed E-state index contributed by atoms with van der Waals surface area (Å²) in [5, 5.41) is 5.93. The van der Waals surface area contributed by atoms with Crippen LogP contribution in [0, 0.1) is 0 Å². The van der Waals surface area contributed by atoms with Crippen LogP contribution >= 0.6 is 71.0 Å². The van der Waals surface area contributed by atoms with E-state index in [1.807, 2.05) is 30.3 Å². The van der Waals surface area contributed by atoms with Crippen LogP contribution in [-0.2, 0) is 6.61 Å². The molecule has 0 atom stereocenters. The second kappa shape index (κ2) is 10.6. The molecular formula is C23H13Br3Cl2N2O3. The maximum Gasteiger partial charge on any atom is 0.307 e. The van der Waals surface area contributed by atoms with E-state index >= 15 is 0 Å². The Morgan fingerprint density at radius 3 is 2.61 bits per heavy atom. The second-order valence-corrected chi connectivity index (χ2v) is 10.3. The number of benzene rings is 3. The monoisotopic (exact) mass is 672 g/mol. The lowest BCUT2D eigenvalue weighted by molar-refractivity contribution is 0.0929. The Balaban J connectivity index is 1.39. The van der Waals surface area contributed by atoms with Crippen molar-refractivity contribution in [2.75, 3.05) is 0 Å². The van der Waals surface area contributed by atoms with Gasteiger partial charge in [0.2, 0.25) is 0 Å². The van der Waals surface area contributed by atoms with Gasteiger partial charge in [-0.2, -0.15) is 5.10 Å². The highest BCUT2D eigenvalue weighted by Gasteiger charge is 2.14. The molecule has 0 aliphatic carbocycles. The van der Waals surface area contributed by atoms with E-state index in [-0.39, 0.29) is 5.76 Å². The predicted molar refractivity (Wildman–Crippen MR) is 142 cm³/mol. The molecular weight excluding hydrogens is 663 g/mol. The number of hydrazone groups is 1. The van der Waals surface area contributed by atoms with Gasteiger partial charge in [0.15, 0.2) is 5.76 Å². The van der Waals surface area contributed by atoms with Crippen molar-refractivity contribution in [2.45, 2.75) is 6.61 Å². The van der Waals surface area contributed by atoms with Crippen LogP contribution in [0.3, 0.4) is 0 Å². The fourth-order valence-electron chi connectivity index (χ4n) is 2.92. The van der Waals surface area contributed by atoms with E-state index in [4.69, 9.17) is 32.4 Å². The number of carbonyl (C=O) groups is 1. The van der Waals surface area contributed by atoms with E-state index in [2.05, 4.69) is 58.3 Å². The Morgan fingerprint density at radius 2 is 1.85 bits per heavy atom. The molecule has 0 saturated heterocycles. The zero-order valence-corrected chi connectivity index (χ0v) is 22.8. The van der Waals surface area contributed by atoms with Crippen molar-refractivity contribution in [2.24, 2.45) is 5.10 Å². The molecule has 1 N–H and O–H groups in total. The van der Waals surface area contributed by atoms with Gasteiger partial charge in [0.1, 0.15) is 17.9 Å². The van der Waals surface area contributed by atoms with Crippen molar-refractivity contribution in [3.8, 4) is 5.75 Å². The average Bonchev–Trinajstić information content (AvgIpc) is 3.19. The van der Waals surface area contributed by atoms with Gasteiger partial charge in [0.05, 0.1) is 15.2 Å². The number of halogens is 5. The molecule has 0 aliphatic rings. The molecule has 4 rings (SSSR count). The number of ether oxygens (including phenoxy) is 1. The number of rotatable bonds is 6. The Morgan fingerprint density at radius 1 is 1.03 bits per heavy atom. The third-order valence-corrected chi connectivity index (χ3v) is 6.75. The van der Waals surface area contributed by atoms with Crippen LogP contribution in [0.15, 0.2) is 77.5 Å². The van der Waals surface area contributed by atoms with E-state index in [0.29, 0.717) is 28.0 Å². The molecule has 0 radical (unpaired) electrons. The van der Waals surface area contributed by atoms with Crippen LogP contribution in [0.4, 0.5) is 0 Å². The first-order valence-corrected chi connectivity index (χ1v) is 12.5. The first-order valence-electron chi connectivity index (χ1n) is 9.38. The summed E-state index contributed by atoms with van der Waals surface area (Å²) in [6, 6.07) is 16.1. The molecule has 0 aliphatic heterocycles. The highest BCUT2D eigenvalue weighted by Crippen LogP contribution is 2.31. The van der Waals surface area contributed by atoms with Gasteiger partial charge in [-0.25, -0.2) is 5.43 Å². The molecule has 0 spiro atoms. The van der Waals surface area contributed by atoms with Crippen LogP contribution in [-0.4, -0.2) is 12.1 Å². The smallest absolute Gasteiger partial charge is 0.307 e. The first kappa shape index (κ1) is 24.3. The molecule has 10 heteroatoms. The van der Waals surface area contributed by atoms with Gasteiger partial charge >= 0.3 is 5.91 Å². The summed E-state index contributed by atoms with van der Waals surface area (Å²) >= 11 is 22.4. The normalized spacial score (nSPS) is 11.3. The minimum Gasteiger partial charge on any atom is -0.488 e. The van der Waals surface area contributed by atoms with Crippen molar-refractivity contribution in [1.29, 1.82) is 0 Å². The Hall–Kier alpha value is -1.84. The van der Waals surface area contributed by atoms with Gasteiger partial charge < -0.3 is 9.15 Å². The number of nitrogens with zero attached hydrogens (tertiary/aromatic N) is 1. The van der Waals surface area contributed by atoms with Gasteiger partial charge in [0, 0.05) is 25.5 Å². The molecule has 1 amide bonds. The molecule has 1 aromatic heterocycles. The first-order chi connectivity index (χ1) is 15.8. The lowest BCUT2D eigenvalue weighted by Gasteiger charge is -2.10. The van der Waals surface area contributed by atoms with Crippen molar-refractivity contribution in [1.82, 2.24) is 5.43 Å². The van der Waals surface area contributed by atoms with Crippen LogP contribution in [0.2, 0.25) is 10.0 Å². The summed E-state index contributed by atoms with van der Waals surface area (Å²) in [7, 11) is 0. The average molecular weight is 676 g/mol. The maximum atomic E-state index is 12.4. The lowest BCUT2D eigenvalue weighted by Crippen LogP contribution is -2.16. The Kier molecular flexibility index (Phi) is 7.81. The van der Waals surface area contributed by atoms with Crippen LogP contribution in [0.1, 0.15) is 21.7 Å². The van der Waals surface area contributed by atoms with E-state index in [1.54, 1.807) is 24.3 Å². The number of furan rings is 1. The number of nitrogens with one attached hydrogen (secondary N) is 1. The van der Waals surface area contributed by atoms with E-state index in [1.165, 1.54) is 6.21 Å². The molecule has 0 saturated carbocycles. The van der Waals surface area contributed by atoms with Gasteiger partial charge in [-0.3, -0.25) is 4.79 Å². The van der Waals surface area contributed by atoms with Gasteiger partial charge in [-0.05, 0) is 86.0 Å². The topological polar surface area (TPSA) is 63.8 Å². The fourth-order valence-corrected chi connectivity index (χ4v) is 5.23. The molecule has 4 aromatic rings. The van der Waals surface area contributed by atoms with Crippen molar-refractivity contribution in [3.05, 3.63) is 94.9 Å². The largest absolute Gasteiger partial charge is 0.488 e. The predicted octanol–water partition coefficient (Wildman–Crippen LogP) is 8.37. The SMILES string of the molecule is O=C(N/N=C\c1ccc(OCc2ccc(Cl)cc2Cl)c(Br)c1)c1cc2cc(Br)cc(Br)c2o1. The highest BCUT2D eigenvalue weighted by atomic mass is 79.9. The molecule has 0 fully saturated rings. The molecule has 168 valence electrons. The zero-order chi connectivity index (χ0) is 23.5. The molecule has 0 bridgehead atoms. The van der Waals surface area contributed by atoms with Crippen molar-refractivity contribution >= 4 is 94.1 Å². The summed E-state index contributed by atoms with van der Waals surface area (Å²) in [5.41, 5.74) is 4.65. The summed E-state index contributed by atoms with van der Waals surface area (Å²) in [6.45, 7) is 0.294. The highest BCUT2D eigenvalue weighted by molar-refractivity contribution is 9.11. The van der Waals surface area contributed by atoms with Crippen LogP contribution in [0.25, 0.3) is 11.0 Å². The molecule has 3 aromatic carbocycles. The van der Waals surface area contributed by atoms with E-state index in [0.717, 1.165) is 29.9 Å². The number of hydrogen-bond acceptors (Lipinski definition) is 4. The van der Waals surface area contributed by atoms with Gasteiger partial charge in [0.25, 0.3) is 0 Å². The maximum absolute atomic E-state index is 12.4. The molecule has 33 heavy (non-hydrogen) atoms. The quantitative estimate of drug-likeness (QED) is 0.165. The Bertz CT molecular complexity index is 1390. The van der Waals surface area contributed by atoms with Gasteiger partial charge in [-0.15, -0.1) is 0 Å². The second-order valence-electron chi connectivity index (χ2n) is 6.83. The summed E-state index contributed by atoms with van der Waals surface area (Å²) < 4.78 is 13.8. The van der Waals surface area contributed by atoms with Gasteiger partial charge in [-0.1, -0.05) is 45.2 Å². The zero-order valence-electron chi connectivity index (χ0n) is 16.5. The molecule has 1 heterocycles. The molecule has 5 nitrogen and oxygen atoms in total. The Labute approximate surface area is 224 Å². The minimum absolute atomic E-state index is 0.159. The number of fused-ring (bicyclic) bond motifs is 1. The number of carbonyl (C=O) groups excluding carboxylic acids is 1. The number of hydrogen-bond donors (Lipinski definition) is 1. The van der Waals surface area contributed by atoms with E-state index < -0.39 is 5.91 Å². The summed E-state index contributed by atoms with van der Waals surface area (Å²) in [4.78, 5) is 12.4. The fraction of sp³-hybridized carbons (Fsp3) is 0.0435.